The minimum Gasteiger partial charge on any atom is -0.351 e. The van der Waals surface area contributed by atoms with Crippen molar-refractivity contribution < 1.29 is 9.18 Å². The van der Waals surface area contributed by atoms with E-state index in [1.165, 1.54) is 12.1 Å². The van der Waals surface area contributed by atoms with E-state index in [2.05, 4.69) is 10.4 Å². The number of aromatic nitrogens is 2. The fourth-order valence-corrected chi connectivity index (χ4v) is 3.07. The van der Waals surface area contributed by atoms with Gasteiger partial charge in [-0.05, 0) is 57.4 Å². The van der Waals surface area contributed by atoms with Crippen molar-refractivity contribution in [2.45, 2.75) is 51.6 Å². The van der Waals surface area contributed by atoms with E-state index in [-0.39, 0.29) is 17.8 Å². The predicted octanol–water partition coefficient (Wildman–Crippen LogP) is 2.88. The van der Waals surface area contributed by atoms with Crippen LogP contribution >= 0.6 is 0 Å². The third-order valence-corrected chi connectivity index (χ3v) is 4.51. The average molecular weight is 315 g/mol. The molecule has 5 heteroatoms. The molecular weight excluding hydrogens is 293 g/mol. The molecule has 2 aromatic rings. The SMILES string of the molecule is Cc1cc(C)n(C[C@H](C)NC(=O)C2(c3ccc(F)cc3)CC2)n1. The number of benzene rings is 1. The number of carbonyl (C=O) groups is 1. The lowest BCUT2D eigenvalue weighted by molar-refractivity contribution is -0.124. The maximum Gasteiger partial charge on any atom is 0.230 e. The van der Waals surface area contributed by atoms with Crippen molar-refractivity contribution in [1.29, 1.82) is 0 Å². The first-order valence-corrected chi connectivity index (χ1v) is 7.99. The normalized spacial score (nSPS) is 16.9. The highest BCUT2D eigenvalue weighted by molar-refractivity contribution is 5.91. The summed E-state index contributed by atoms with van der Waals surface area (Å²) in [4.78, 5) is 12.7. The number of hydrogen-bond donors (Lipinski definition) is 1. The molecule has 1 aliphatic carbocycles. The van der Waals surface area contributed by atoms with Crippen LogP contribution in [0, 0.1) is 19.7 Å². The van der Waals surface area contributed by atoms with Crippen LogP contribution in [-0.4, -0.2) is 21.7 Å². The van der Waals surface area contributed by atoms with Gasteiger partial charge < -0.3 is 5.32 Å². The summed E-state index contributed by atoms with van der Waals surface area (Å²) in [5, 5.41) is 7.51. The number of aryl methyl sites for hydroxylation is 2. The van der Waals surface area contributed by atoms with E-state index in [0.29, 0.717) is 6.54 Å². The fourth-order valence-electron chi connectivity index (χ4n) is 3.07. The van der Waals surface area contributed by atoms with E-state index in [0.717, 1.165) is 29.8 Å². The van der Waals surface area contributed by atoms with Crippen LogP contribution in [0.25, 0.3) is 0 Å². The molecule has 0 spiro atoms. The van der Waals surface area contributed by atoms with E-state index in [4.69, 9.17) is 0 Å². The molecule has 1 aromatic carbocycles. The van der Waals surface area contributed by atoms with Gasteiger partial charge in [-0.1, -0.05) is 12.1 Å². The summed E-state index contributed by atoms with van der Waals surface area (Å²) in [6, 6.07) is 8.28. The van der Waals surface area contributed by atoms with Crippen molar-refractivity contribution in [2.75, 3.05) is 0 Å². The number of halogens is 1. The first-order valence-electron chi connectivity index (χ1n) is 7.99. The fraction of sp³-hybridized carbons (Fsp3) is 0.444. The van der Waals surface area contributed by atoms with Gasteiger partial charge in [-0.15, -0.1) is 0 Å². The Kier molecular flexibility index (Phi) is 3.96. The topological polar surface area (TPSA) is 46.9 Å². The molecule has 0 saturated heterocycles. The second kappa shape index (κ2) is 5.80. The summed E-state index contributed by atoms with van der Waals surface area (Å²) < 4.78 is 15.0. The maximum absolute atomic E-state index is 13.1. The predicted molar refractivity (Wildman–Crippen MR) is 86.6 cm³/mol. The van der Waals surface area contributed by atoms with Crippen LogP contribution in [0.5, 0.6) is 0 Å². The molecule has 1 amide bonds. The van der Waals surface area contributed by atoms with Crippen LogP contribution in [0.4, 0.5) is 4.39 Å². The molecule has 1 fully saturated rings. The molecule has 1 N–H and O–H groups in total. The molecule has 1 aromatic heterocycles. The van der Waals surface area contributed by atoms with Crippen molar-refractivity contribution in [3.63, 3.8) is 0 Å². The first-order chi connectivity index (χ1) is 10.9. The van der Waals surface area contributed by atoms with Gasteiger partial charge >= 0.3 is 0 Å². The van der Waals surface area contributed by atoms with Gasteiger partial charge in [0.2, 0.25) is 5.91 Å². The van der Waals surface area contributed by atoms with Gasteiger partial charge in [0.15, 0.2) is 0 Å². The molecular formula is C18H22FN3O. The third kappa shape index (κ3) is 3.14. The highest BCUT2D eigenvalue weighted by Crippen LogP contribution is 2.48. The lowest BCUT2D eigenvalue weighted by Crippen LogP contribution is -2.42. The molecule has 0 aliphatic heterocycles. The molecule has 1 aliphatic rings. The quantitative estimate of drug-likeness (QED) is 0.922. The van der Waals surface area contributed by atoms with Crippen LogP contribution < -0.4 is 5.32 Å². The number of nitrogens with one attached hydrogen (secondary N) is 1. The largest absolute Gasteiger partial charge is 0.351 e. The Morgan fingerprint density at radius 2 is 2.00 bits per heavy atom. The second-order valence-corrected chi connectivity index (χ2v) is 6.57. The van der Waals surface area contributed by atoms with Crippen LogP contribution in [0.2, 0.25) is 0 Å². The van der Waals surface area contributed by atoms with Crippen molar-refractivity contribution in [2.24, 2.45) is 0 Å². The Hall–Kier alpha value is -2.17. The van der Waals surface area contributed by atoms with Crippen molar-refractivity contribution in [1.82, 2.24) is 15.1 Å². The Morgan fingerprint density at radius 1 is 1.35 bits per heavy atom. The van der Waals surface area contributed by atoms with Gasteiger partial charge in [0.05, 0.1) is 17.7 Å². The number of rotatable bonds is 5. The van der Waals surface area contributed by atoms with E-state index in [9.17, 15) is 9.18 Å². The van der Waals surface area contributed by atoms with Crippen LogP contribution in [0.15, 0.2) is 30.3 Å². The molecule has 23 heavy (non-hydrogen) atoms. The smallest absolute Gasteiger partial charge is 0.230 e. The van der Waals surface area contributed by atoms with Gasteiger partial charge in [0, 0.05) is 11.7 Å². The van der Waals surface area contributed by atoms with Gasteiger partial charge in [0.1, 0.15) is 5.82 Å². The second-order valence-electron chi connectivity index (χ2n) is 6.57. The lowest BCUT2D eigenvalue weighted by Gasteiger charge is -2.20. The number of carbonyl (C=O) groups excluding carboxylic acids is 1. The van der Waals surface area contributed by atoms with Crippen molar-refractivity contribution in [3.8, 4) is 0 Å². The molecule has 0 unspecified atom stereocenters. The zero-order valence-electron chi connectivity index (χ0n) is 13.8. The van der Waals surface area contributed by atoms with Gasteiger partial charge in [-0.2, -0.15) is 5.10 Å². The Labute approximate surface area is 135 Å². The van der Waals surface area contributed by atoms with Crippen LogP contribution in [0.1, 0.15) is 36.7 Å². The van der Waals surface area contributed by atoms with E-state index < -0.39 is 5.41 Å². The molecule has 1 saturated carbocycles. The summed E-state index contributed by atoms with van der Waals surface area (Å²) in [5.74, 6) is -0.249. The Balaban J connectivity index is 1.66. The van der Waals surface area contributed by atoms with Crippen molar-refractivity contribution >= 4 is 5.91 Å². The molecule has 0 radical (unpaired) electrons. The van der Waals surface area contributed by atoms with E-state index in [1.807, 2.05) is 31.5 Å². The summed E-state index contributed by atoms with van der Waals surface area (Å²) in [6.45, 7) is 6.59. The summed E-state index contributed by atoms with van der Waals surface area (Å²) in [5.41, 5.74) is 2.49. The standard InChI is InChI=1S/C18H22FN3O/c1-12-10-14(3)22(21-12)11-13(2)20-17(23)18(8-9-18)15-4-6-16(19)7-5-15/h4-7,10,13H,8-9,11H2,1-3H3,(H,20,23)/t13-/m0/s1. The van der Waals surface area contributed by atoms with E-state index in [1.54, 1.807) is 12.1 Å². The third-order valence-electron chi connectivity index (χ3n) is 4.51. The molecule has 0 bridgehead atoms. The Bertz CT molecular complexity index is 716. The van der Waals surface area contributed by atoms with E-state index >= 15 is 0 Å². The Morgan fingerprint density at radius 3 is 2.52 bits per heavy atom. The minimum absolute atomic E-state index is 0.0153. The van der Waals surface area contributed by atoms with Gasteiger partial charge in [-0.25, -0.2) is 4.39 Å². The minimum atomic E-state index is -0.475. The molecule has 122 valence electrons. The number of nitrogens with zero attached hydrogens (tertiary/aromatic N) is 2. The maximum atomic E-state index is 13.1. The number of hydrogen-bond acceptors (Lipinski definition) is 2. The summed E-state index contributed by atoms with van der Waals surface area (Å²) >= 11 is 0. The first kappa shape index (κ1) is 15.7. The summed E-state index contributed by atoms with van der Waals surface area (Å²) in [6.07, 6.45) is 1.63. The summed E-state index contributed by atoms with van der Waals surface area (Å²) in [7, 11) is 0. The molecule has 1 heterocycles. The van der Waals surface area contributed by atoms with Crippen LogP contribution in [-0.2, 0) is 16.8 Å². The average Bonchev–Trinajstić information content (AvgIpc) is 3.23. The zero-order valence-corrected chi connectivity index (χ0v) is 13.8. The zero-order chi connectivity index (χ0) is 16.6. The molecule has 1 atom stereocenters. The van der Waals surface area contributed by atoms with Crippen LogP contribution in [0.3, 0.4) is 0 Å². The lowest BCUT2D eigenvalue weighted by atomic mass is 9.94. The molecule has 4 nitrogen and oxygen atoms in total. The van der Waals surface area contributed by atoms with Gasteiger partial charge in [0.25, 0.3) is 0 Å². The highest BCUT2D eigenvalue weighted by atomic mass is 19.1. The monoisotopic (exact) mass is 315 g/mol. The highest BCUT2D eigenvalue weighted by Gasteiger charge is 2.51. The van der Waals surface area contributed by atoms with Crippen molar-refractivity contribution in [3.05, 3.63) is 53.1 Å². The molecule has 3 rings (SSSR count). The number of amides is 1. The van der Waals surface area contributed by atoms with Gasteiger partial charge in [-0.3, -0.25) is 9.48 Å².